The van der Waals surface area contributed by atoms with Crippen molar-refractivity contribution in [1.29, 1.82) is 0 Å². The highest BCUT2D eigenvalue weighted by Crippen LogP contribution is 2.24. The number of rotatable bonds is 5. The second-order valence-electron chi connectivity index (χ2n) is 6.66. The molecule has 0 aromatic carbocycles. The Bertz CT molecular complexity index is 780. The molecule has 0 bridgehead atoms. The molecule has 134 valence electrons. The van der Waals surface area contributed by atoms with E-state index < -0.39 is 0 Å². The third kappa shape index (κ3) is 3.61. The largest absolute Gasteiger partial charge is 0.350 e. The van der Waals surface area contributed by atoms with Crippen LogP contribution in [0.3, 0.4) is 0 Å². The van der Waals surface area contributed by atoms with Gasteiger partial charge in [-0.1, -0.05) is 20.3 Å². The monoisotopic (exact) mass is 360 g/mol. The number of nitrogens with zero attached hydrogens (tertiary/aromatic N) is 2. The fraction of sp³-hybridized carbons (Fsp3) is 0.500. The Hall–Kier alpha value is -2.15. The van der Waals surface area contributed by atoms with E-state index in [0.29, 0.717) is 37.7 Å². The molecule has 2 aromatic rings. The van der Waals surface area contributed by atoms with Gasteiger partial charge in [-0.2, -0.15) is 5.10 Å². The number of nitrogens with one attached hydrogen (secondary N) is 2. The summed E-state index contributed by atoms with van der Waals surface area (Å²) in [6.45, 7) is 7.85. The van der Waals surface area contributed by atoms with Gasteiger partial charge in [0.1, 0.15) is 0 Å². The molecule has 0 spiro atoms. The van der Waals surface area contributed by atoms with E-state index in [0.717, 1.165) is 28.1 Å². The first-order valence-corrected chi connectivity index (χ1v) is 9.56. The lowest BCUT2D eigenvalue weighted by Gasteiger charge is -2.27. The van der Waals surface area contributed by atoms with E-state index in [1.54, 1.807) is 0 Å². The van der Waals surface area contributed by atoms with Gasteiger partial charge in [-0.15, -0.1) is 11.3 Å². The van der Waals surface area contributed by atoms with Crippen molar-refractivity contribution in [1.82, 2.24) is 20.4 Å². The molecule has 0 aliphatic carbocycles. The smallest absolute Gasteiger partial charge is 0.272 e. The van der Waals surface area contributed by atoms with Crippen molar-refractivity contribution in [3.63, 3.8) is 0 Å². The summed E-state index contributed by atoms with van der Waals surface area (Å²) in [7, 11) is 0. The number of fused-ring (bicyclic) bond motifs is 1. The topological polar surface area (TPSA) is 78.1 Å². The normalized spacial score (nSPS) is 14.9. The zero-order valence-corrected chi connectivity index (χ0v) is 15.7. The van der Waals surface area contributed by atoms with Gasteiger partial charge in [0.25, 0.3) is 11.8 Å². The maximum atomic E-state index is 12.8. The van der Waals surface area contributed by atoms with Crippen molar-refractivity contribution in [2.45, 2.75) is 40.2 Å². The van der Waals surface area contributed by atoms with Gasteiger partial charge < -0.3 is 10.2 Å². The molecule has 6 nitrogen and oxygen atoms in total. The molecule has 2 aromatic heterocycles. The van der Waals surface area contributed by atoms with Crippen molar-refractivity contribution in [2.24, 2.45) is 5.92 Å². The Morgan fingerprint density at radius 2 is 2.28 bits per heavy atom. The van der Waals surface area contributed by atoms with Gasteiger partial charge in [-0.25, -0.2) is 0 Å². The van der Waals surface area contributed by atoms with Gasteiger partial charge >= 0.3 is 0 Å². The maximum Gasteiger partial charge on any atom is 0.272 e. The number of carbonyl (C=O) groups is 2. The van der Waals surface area contributed by atoms with Crippen molar-refractivity contribution in [3.8, 4) is 0 Å². The highest BCUT2D eigenvalue weighted by atomic mass is 32.1. The number of carbonyl (C=O) groups excluding carboxylic acids is 2. The van der Waals surface area contributed by atoms with Crippen molar-refractivity contribution in [2.75, 3.05) is 13.1 Å². The molecule has 25 heavy (non-hydrogen) atoms. The molecule has 1 aliphatic rings. The van der Waals surface area contributed by atoms with Gasteiger partial charge in [0.05, 0.1) is 11.4 Å². The van der Waals surface area contributed by atoms with E-state index >= 15 is 0 Å². The zero-order chi connectivity index (χ0) is 18.0. The second kappa shape index (κ2) is 7.39. The number of aromatic nitrogens is 2. The fourth-order valence-electron chi connectivity index (χ4n) is 2.89. The average Bonchev–Trinajstić information content (AvgIpc) is 3.24. The number of amides is 2. The predicted molar refractivity (Wildman–Crippen MR) is 97.9 cm³/mol. The number of hydrogen-bond donors (Lipinski definition) is 2. The lowest BCUT2D eigenvalue weighted by atomic mass is 10.0. The van der Waals surface area contributed by atoms with E-state index in [1.165, 1.54) is 11.3 Å². The third-order valence-electron chi connectivity index (χ3n) is 4.80. The van der Waals surface area contributed by atoms with Gasteiger partial charge in [0.2, 0.25) is 0 Å². The van der Waals surface area contributed by atoms with Gasteiger partial charge in [-0.05, 0) is 29.9 Å². The van der Waals surface area contributed by atoms with Crippen LogP contribution in [0.25, 0.3) is 0 Å². The van der Waals surface area contributed by atoms with Crippen LogP contribution in [0, 0.1) is 12.8 Å². The van der Waals surface area contributed by atoms with Crippen LogP contribution in [0.4, 0.5) is 0 Å². The molecule has 3 rings (SSSR count). The Morgan fingerprint density at radius 3 is 2.96 bits per heavy atom. The first-order valence-electron chi connectivity index (χ1n) is 8.68. The van der Waals surface area contributed by atoms with Gasteiger partial charge in [-0.3, -0.25) is 14.7 Å². The number of thiophene rings is 1. The standard InChI is InChI=1S/C18H24N4O2S/c1-4-11(2)9-19-17(23)15-13-10-22(7-5-14(13)20-21-15)18(24)16-12(3)6-8-25-16/h6,8,11H,4-5,7,9-10H2,1-3H3,(H,19,23)(H,20,21)/t11-/m0/s1. The summed E-state index contributed by atoms with van der Waals surface area (Å²) in [6.07, 6.45) is 1.71. The molecule has 3 heterocycles. The first kappa shape index (κ1) is 17.7. The molecule has 2 amide bonds. The lowest BCUT2D eigenvalue weighted by molar-refractivity contribution is 0.0735. The van der Waals surface area contributed by atoms with Crippen LogP contribution >= 0.6 is 11.3 Å². The molecule has 0 saturated carbocycles. The van der Waals surface area contributed by atoms with Crippen LogP contribution in [0.15, 0.2) is 11.4 Å². The van der Waals surface area contributed by atoms with E-state index in [1.807, 2.05) is 23.3 Å². The molecule has 0 saturated heterocycles. The summed E-state index contributed by atoms with van der Waals surface area (Å²) in [4.78, 5) is 27.8. The summed E-state index contributed by atoms with van der Waals surface area (Å²) in [5.74, 6) is 0.295. The minimum atomic E-state index is -0.167. The van der Waals surface area contributed by atoms with Crippen LogP contribution in [0.2, 0.25) is 0 Å². The number of aromatic amines is 1. The Morgan fingerprint density at radius 1 is 1.48 bits per heavy atom. The summed E-state index contributed by atoms with van der Waals surface area (Å²) >= 11 is 1.47. The van der Waals surface area contributed by atoms with E-state index in [-0.39, 0.29) is 11.8 Å². The van der Waals surface area contributed by atoms with E-state index in [2.05, 4.69) is 29.4 Å². The van der Waals surface area contributed by atoms with Crippen molar-refractivity contribution in [3.05, 3.63) is 38.8 Å². The van der Waals surface area contributed by atoms with Crippen LogP contribution in [-0.2, 0) is 13.0 Å². The average molecular weight is 360 g/mol. The molecular weight excluding hydrogens is 336 g/mol. The summed E-state index contributed by atoms with van der Waals surface area (Å²) in [6, 6.07) is 1.96. The van der Waals surface area contributed by atoms with Crippen molar-refractivity contribution < 1.29 is 9.59 Å². The Kier molecular flexibility index (Phi) is 5.22. The molecule has 0 fully saturated rings. The van der Waals surface area contributed by atoms with E-state index in [9.17, 15) is 9.59 Å². The summed E-state index contributed by atoms with van der Waals surface area (Å²) in [5, 5.41) is 12.0. The SMILES string of the molecule is CC[C@H](C)CNC(=O)c1n[nH]c2c1CN(C(=O)c1sccc1C)CC2. The molecule has 0 unspecified atom stereocenters. The Labute approximate surface area is 151 Å². The predicted octanol–water partition coefficient (Wildman–Crippen LogP) is 2.75. The molecule has 7 heteroatoms. The summed E-state index contributed by atoms with van der Waals surface area (Å²) < 4.78 is 0. The maximum absolute atomic E-state index is 12.8. The van der Waals surface area contributed by atoms with Crippen LogP contribution < -0.4 is 5.32 Å². The Balaban J connectivity index is 1.74. The number of aryl methyl sites for hydroxylation is 1. The fourth-order valence-corrected chi connectivity index (χ4v) is 3.78. The van der Waals surface area contributed by atoms with Crippen LogP contribution in [-0.4, -0.2) is 40.0 Å². The quantitative estimate of drug-likeness (QED) is 0.861. The van der Waals surface area contributed by atoms with Crippen LogP contribution in [0.1, 0.15) is 57.2 Å². The molecule has 1 atom stereocenters. The molecular formula is C18H24N4O2S. The lowest BCUT2D eigenvalue weighted by Crippen LogP contribution is -2.37. The zero-order valence-electron chi connectivity index (χ0n) is 14.9. The van der Waals surface area contributed by atoms with Crippen molar-refractivity contribution >= 4 is 23.2 Å². The number of H-pyrrole nitrogens is 1. The minimum absolute atomic E-state index is 0.0327. The van der Waals surface area contributed by atoms with Gasteiger partial charge in [0.15, 0.2) is 5.69 Å². The third-order valence-corrected chi connectivity index (χ3v) is 5.80. The highest BCUT2D eigenvalue weighted by Gasteiger charge is 2.29. The number of hydrogen-bond acceptors (Lipinski definition) is 4. The van der Waals surface area contributed by atoms with Gasteiger partial charge in [0, 0.05) is 30.8 Å². The first-order chi connectivity index (χ1) is 12.0. The molecule has 0 radical (unpaired) electrons. The minimum Gasteiger partial charge on any atom is -0.350 e. The summed E-state index contributed by atoms with van der Waals surface area (Å²) in [5.41, 5.74) is 3.22. The van der Waals surface area contributed by atoms with Crippen LogP contribution in [0.5, 0.6) is 0 Å². The molecule has 1 aliphatic heterocycles. The highest BCUT2D eigenvalue weighted by molar-refractivity contribution is 7.12. The second-order valence-corrected chi connectivity index (χ2v) is 7.58. The molecule has 2 N–H and O–H groups in total. The van der Waals surface area contributed by atoms with E-state index in [4.69, 9.17) is 0 Å².